The summed E-state index contributed by atoms with van der Waals surface area (Å²) < 4.78 is 23.8. The number of nitriles is 1. The van der Waals surface area contributed by atoms with E-state index in [-0.39, 0.29) is 5.02 Å². The van der Waals surface area contributed by atoms with Crippen LogP contribution in [-0.4, -0.2) is 19.2 Å². The number of nitrogens with one attached hydrogen (secondary N) is 1. The predicted molar refractivity (Wildman–Crippen MR) is 109 cm³/mol. The van der Waals surface area contributed by atoms with E-state index in [0.29, 0.717) is 33.5 Å². The van der Waals surface area contributed by atoms with Crippen LogP contribution in [0, 0.1) is 17.1 Å². The van der Waals surface area contributed by atoms with Gasteiger partial charge in [-0.3, -0.25) is 0 Å². The molecule has 2 aromatic carbocycles. The lowest BCUT2D eigenvalue weighted by Crippen LogP contribution is -1.92. The van der Waals surface area contributed by atoms with Gasteiger partial charge in [0.1, 0.15) is 22.5 Å². The topological polar surface area (TPSA) is 67.2 Å². The Balaban J connectivity index is 1.85. The number of hydrogen-bond acceptors (Lipinski definition) is 6. The van der Waals surface area contributed by atoms with Crippen molar-refractivity contribution in [2.24, 2.45) is 0 Å². The number of allylic oxidation sites excluding steroid dienone is 1. The molecular formula is C20H15ClFN3O2S. The van der Waals surface area contributed by atoms with Gasteiger partial charge in [-0.2, -0.15) is 5.26 Å². The van der Waals surface area contributed by atoms with Crippen LogP contribution in [-0.2, 0) is 0 Å². The van der Waals surface area contributed by atoms with Crippen molar-refractivity contribution in [3.05, 3.63) is 63.8 Å². The average Bonchev–Trinajstić information content (AvgIpc) is 3.20. The van der Waals surface area contributed by atoms with E-state index in [4.69, 9.17) is 21.1 Å². The molecule has 0 saturated carbocycles. The first-order chi connectivity index (χ1) is 13.5. The molecule has 0 aliphatic heterocycles. The summed E-state index contributed by atoms with van der Waals surface area (Å²) in [5.41, 5.74) is 2.47. The molecule has 0 atom stereocenters. The minimum absolute atomic E-state index is 0.00176. The summed E-state index contributed by atoms with van der Waals surface area (Å²) in [6.45, 7) is 0. The number of halogens is 2. The lowest BCUT2D eigenvalue weighted by molar-refractivity contribution is 0.355. The number of rotatable bonds is 6. The van der Waals surface area contributed by atoms with E-state index in [1.165, 1.54) is 35.7 Å². The van der Waals surface area contributed by atoms with Crippen LogP contribution < -0.4 is 14.8 Å². The van der Waals surface area contributed by atoms with Crippen molar-refractivity contribution in [2.45, 2.75) is 0 Å². The fourth-order valence-corrected chi connectivity index (χ4v) is 3.38. The zero-order chi connectivity index (χ0) is 20.1. The first-order valence-electron chi connectivity index (χ1n) is 8.06. The molecule has 0 spiro atoms. The van der Waals surface area contributed by atoms with Gasteiger partial charge in [-0.1, -0.05) is 11.6 Å². The molecule has 5 nitrogen and oxygen atoms in total. The third kappa shape index (κ3) is 4.25. The summed E-state index contributed by atoms with van der Waals surface area (Å²) in [5.74, 6) is 0.720. The molecule has 0 unspecified atom stereocenters. The summed E-state index contributed by atoms with van der Waals surface area (Å²) in [4.78, 5) is 4.53. The Kier molecular flexibility index (Phi) is 6.14. The molecule has 3 rings (SSSR count). The Morgan fingerprint density at radius 2 is 2.00 bits per heavy atom. The maximum Gasteiger partial charge on any atom is 0.161 e. The van der Waals surface area contributed by atoms with Crippen molar-refractivity contribution < 1.29 is 13.9 Å². The second-order valence-corrected chi connectivity index (χ2v) is 6.82. The number of thiazole rings is 1. The van der Waals surface area contributed by atoms with Gasteiger partial charge in [0.25, 0.3) is 0 Å². The number of benzene rings is 2. The smallest absolute Gasteiger partial charge is 0.161 e. The number of aromatic nitrogens is 1. The Morgan fingerprint density at radius 3 is 2.68 bits per heavy atom. The Hall–Kier alpha value is -3.08. The van der Waals surface area contributed by atoms with Crippen LogP contribution in [0.25, 0.3) is 16.8 Å². The number of methoxy groups -OCH3 is 2. The van der Waals surface area contributed by atoms with E-state index in [0.717, 1.165) is 5.56 Å². The van der Waals surface area contributed by atoms with Gasteiger partial charge in [0.15, 0.2) is 11.5 Å². The van der Waals surface area contributed by atoms with Crippen LogP contribution in [0.5, 0.6) is 11.5 Å². The fourth-order valence-electron chi connectivity index (χ4n) is 2.41. The highest BCUT2D eigenvalue weighted by atomic mass is 35.5. The molecule has 3 aromatic rings. The molecule has 0 fully saturated rings. The van der Waals surface area contributed by atoms with Crippen LogP contribution >= 0.6 is 22.9 Å². The van der Waals surface area contributed by atoms with E-state index in [1.54, 1.807) is 20.3 Å². The van der Waals surface area contributed by atoms with Gasteiger partial charge in [0.2, 0.25) is 0 Å². The Labute approximate surface area is 170 Å². The third-order valence-electron chi connectivity index (χ3n) is 3.84. The standard InChI is InChI=1S/C20H15ClFN3O2S/c1-26-18-6-3-12(7-19(18)27-2)17-11-28-20(25-17)13(9-23)10-24-14-4-5-16(22)15(21)8-14/h3-8,10-11,24H,1-2H3/b13-10+. The SMILES string of the molecule is COc1ccc(-c2csc(/C(C#N)=C/Nc3ccc(F)c(Cl)c3)n2)cc1OC. The second-order valence-electron chi connectivity index (χ2n) is 5.55. The predicted octanol–water partition coefficient (Wildman–Crippen LogP) is 5.60. The van der Waals surface area contributed by atoms with Gasteiger partial charge in [-0.15, -0.1) is 11.3 Å². The summed E-state index contributed by atoms with van der Waals surface area (Å²) in [6.07, 6.45) is 1.51. The molecule has 1 N–H and O–H groups in total. The molecule has 0 radical (unpaired) electrons. The fraction of sp³-hybridized carbons (Fsp3) is 0.100. The maximum atomic E-state index is 13.2. The molecule has 0 aliphatic rings. The molecular weight excluding hydrogens is 401 g/mol. The molecule has 1 heterocycles. The Bertz CT molecular complexity index is 1080. The highest BCUT2D eigenvalue weighted by molar-refractivity contribution is 7.11. The second kappa shape index (κ2) is 8.74. The van der Waals surface area contributed by atoms with Crippen molar-refractivity contribution in [1.29, 1.82) is 5.26 Å². The molecule has 1 aromatic heterocycles. The van der Waals surface area contributed by atoms with Gasteiger partial charge >= 0.3 is 0 Å². The van der Waals surface area contributed by atoms with Gasteiger partial charge in [-0.05, 0) is 36.4 Å². The average molecular weight is 416 g/mol. The molecule has 0 amide bonds. The number of anilines is 1. The van der Waals surface area contributed by atoms with Crippen LogP contribution in [0.4, 0.5) is 10.1 Å². The highest BCUT2D eigenvalue weighted by Crippen LogP contribution is 2.33. The van der Waals surface area contributed by atoms with Crippen LogP contribution in [0.2, 0.25) is 5.02 Å². The van der Waals surface area contributed by atoms with Gasteiger partial charge in [0.05, 0.1) is 24.9 Å². The van der Waals surface area contributed by atoms with Gasteiger partial charge < -0.3 is 14.8 Å². The monoisotopic (exact) mass is 415 g/mol. The van der Waals surface area contributed by atoms with E-state index >= 15 is 0 Å². The lowest BCUT2D eigenvalue weighted by Gasteiger charge is -2.08. The maximum absolute atomic E-state index is 13.2. The first kappa shape index (κ1) is 19.7. The summed E-state index contributed by atoms with van der Waals surface area (Å²) in [5, 5.41) is 14.8. The molecule has 0 aliphatic carbocycles. The van der Waals surface area contributed by atoms with Crippen LogP contribution in [0.3, 0.4) is 0 Å². The van der Waals surface area contributed by atoms with Crippen LogP contribution in [0.15, 0.2) is 48.0 Å². The van der Waals surface area contributed by atoms with E-state index in [2.05, 4.69) is 16.4 Å². The summed E-state index contributed by atoms with van der Waals surface area (Å²) in [7, 11) is 3.14. The molecule has 28 heavy (non-hydrogen) atoms. The van der Waals surface area contributed by atoms with E-state index < -0.39 is 5.82 Å². The minimum Gasteiger partial charge on any atom is -0.493 e. The zero-order valence-corrected chi connectivity index (χ0v) is 16.6. The quantitative estimate of drug-likeness (QED) is 0.531. The van der Waals surface area contributed by atoms with E-state index in [1.807, 2.05) is 17.5 Å². The normalized spacial score (nSPS) is 11.0. The van der Waals surface area contributed by atoms with Crippen molar-refractivity contribution in [3.8, 4) is 28.8 Å². The minimum atomic E-state index is -0.504. The van der Waals surface area contributed by atoms with Crippen molar-refractivity contribution >= 4 is 34.2 Å². The number of ether oxygens (including phenoxy) is 2. The molecule has 0 saturated heterocycles. The number of hydrogen-bond donors (Lipinski definition) is 1. The van der Waals surface area contributed by atoms with Gasteiger partial charge in [0, 0.05) is 22.8 Å². The van der Waals surface area contributed by atoms with E-state index in [9.17, 15) is 9.65 Å². The highest BCUT2D eigenvalue weighted by Gasteiger charge is 2.12. The van der Waals surface area contributed by atoms with Crippen molar-refractivity contribution in [2.75, 3.05) is 19.5 Å². The zero-order valence-electron chi connectivity index (χ0n) is 15.0. The van der Waals surface area contributed by atoms with Gasteiger partial charge in [-0.25, -0.2) is 9.37 Å². The summed E-state index contributed by atoms with van der Waals surface area (Å²) in [6, 6.07) is 11.8. The lowest BCUT2D eigenvalue weighted by atomic mass is 10.1. The third-order valence-corrected chi connectivity index (χ3v) is 5.00. The first-order valence-corrected chi connectivity index (χ1v) is 9.31. The molecule has 142 valence electrons. The molecule has 0 bridgehead atoms. The molecule has 8 heteroatoms. The Morgan fingerprint density at radius 1 is 1.21 bits per heavy atom. The van der Waals surface area contributed by atoms with Crippen LogP contribution in [0.1, 0.15) is 5.01 Å². The summed E-state index contributed by atoms with van der Waals surface area (Å²) >= 11 is 7.11. The van der Waals surface area contributed by atoms with Crippen molar-refractivity contribution in [1.82, 2.24) is 4.98 Å². The number of nitrogens with zero attached hydrogens (tertiary/aromatic N) is 2. The van der Waals surface area contributed by atoms with Crippen molar-refractivity contribution in [3.63, 3.8) is 0 Å². The largest absolute Gasteiger partial charge is 0.493 e.